The van der Waals surface area contributed by atoms with Crippen LogP contribution in [0, 0.1) is 0 Å². The van der Waals surface area contributed by atoms with Crippen LogP contribution in [0.1, 0.15) is 0 Å². The largest absolute Gasteiger partial charge is 0.497 e. The third-order valence-corrected chi connectivity index (χ3v) is 1.57. The topological polar surface area (TPSA) is 21.3 Å². The van der Waals surface area contributed by atoms with Gasteiger partial charge >= 0.3 is 0 Å². The van der Waals surface area contributed by atoms with Gasteiger partial charge in [0, 0.05) is 11.8 Å². The second-order valence-corrected chi connectivity index (χ2v) is 2.16. The fourth-order valence-corrected chi connectivity index (χ4v) is 0.892. The molecule has 1 N–H and O–H groups in total. The predicted molar refractivity (Wildman–Crippen MR) is 46.3 cm³/mol. The average molecular weight is 155 g/mol. The number of methoxy groups -OCH3 is 1. The SMILES string of the molecule is COc1cccc(NP)c1. The molecule has 2 nitrogen and oxygen atoms in total. The Hall–Kier alpha value is -0.750. The molecular weight excluding hydrogens is 145 g/mol. The van der Waals surface area contributed by atoms with Crippen LogP contribution < -0.4 is 9.82 Å². The monoisotopic (exact) mass is 155 g/mol. The van der Waals surface area contributed by atoms with Crippen LogP contribution in [0.4, 0.5) is 5.69 Å². The van der Waals surface area contributed by atoms with E-state index in [0.717, 1.165) is 11.4 Å². The maximum atomic E-state index is 5.01. The normalized spacial score (nSPS) is 9.00. The third kappa shape index (κ3) is 1.61. The Morgan fingerprint density at radius 2 is 2.30 bits per heavy atom. The molecule has 1 unspecified atom stereocenters. The minimum atomic E-state index is 0.868. The van der Waals surface area contributed by atoms with Crippen LogP contribution in [-0.4, -0.2) is 7.11 Å². The van der Waals surface area contributed by atoms with Crippen LogP contribution >= 0.6 is 9.39 Å². The molecule has 1 aromatic carbocycles. The van der Waals surface area contributed by atoms with Gasteiger partial charge in [-0.3, -0.25) is 0 Å². The molecule has 0 saturated carbocycles. The summed E-state index contributed by atoms with van der Waals surface area (Å²) in [7, 11) is 4.09. The summed E-state index contributed by atoms with van der Waals surface area (Å²) in [5.74, 6) is 0.868. The van der Waals surface area contributed by atoms with Crippen molar-refractivity contribution in [2.45, 2.75) is 0 Å². The molecule has 0 saturated heterocycles. The minimum Gasteiger partial charge on any atom is -0.497 e. The van der Waals surface area contributed by atoms with E-state index in [4.69, 9.17) is 4.74 Å². The van der Waals surface area contributed by atoms with E-state index < -0.39 is 0 Å². The number of rotatable bonds is 2. The van der Waals surface area contributed by atoms with Crippen LogP contribution in [-0.2, 0) is 0 Å². The summed E-state index contributed by atoms with van der Waals surface area (Å²) in [5.41, 5.74) is 1.03. The molecule has 0 fully saturated rings. The Balaban J connectivity index is 2.87. The number of hydrogen-bond donors (Lipinski definition) is 1. The maximum Gasteiger partial charge on any atom is 0.120 e. The van der Waals surface area contributed by atoms with Crippen molar-refractivity contribution in [3.05, 3.63) is 24.3 Å². The van der Waals surface area contributed by atoms with Gasteiger partial charge in [-0.05, 0) is 21.5 Å². The summed E-state index contributed by atoms with van der Waals surface area (Å²) in [6.07, 6.45) is 0. The highest BCUT2D eigenvalue weighted by Gasteiger charge is 1.89. The lowest BCUT2D eigenvalue weighted by Gasteiger charge is -2.01. The number of hydrogen-bond acceptors (Lipinski definition) is 2. The van der Waals surface area contributed by atoms with Gasteiger partial charge in [0.05, 0.1) is 7.11 Å². The quantitative estimate of drug-likeness (QED) is 0.658. The van der Waals surface area contributed by atoms with Crippen molar-refractivity contribution >= 4 is 15.1 Å². The van der Waals surface area contributed by atoms with Crippen LogP contribution in [0.15, 0.2) is 24.3 Å². The number of ether oxygens (including phenoxy) is 1. The Bertz CT molecular complexity index is 195. The Kier molecular flexibility index (Phi) is 2.52. The molecule has 0 aliphatic rings. The molecular formula is C7H10NOP. The summed E-state index contributed by atoms with van der Waals surface area (Å²) in [6.45, 7) is 0. The molecule has 0 bridgehead atoms. The molecule has 1 rings (SSSR count). The number of benzene rings is 1. The van der Waals surface area contributed by atoms with Crippen molar-refractivity contribution < 1.29 is 4.74 Å². The Morgan fingerprint density at radius 1 is 1.50 bits per heavy atom. The first-order chi connectivity index (χ1) is 4.86. The zero-order valence-electron chi connectivity index (χ0n) is 5.79. The Morgan fingerprint density at radius 3 is 2.90 bits per heavy atom. The van der Waals surface area contributed by atoms with E-state index in [9.17, 15) is 0 Å². The molecule has 0 aliphatic heterocycles. The highest BCUT2D eigenvalue weighted by Crippen LogP contribution is 2.17. The second kappa shape index (κ2) is 3.43. The van der Waals surface area contributed by atoms with Crippen molar-refractivity contribution in [3.63, 3.8) is 0 Å². The van der Waals surface area contributed by atoms with E-state index in [1.807, 2.05) is 24.3 Å². The molecule has 54 valence electrons. The van der Waals surface area contributed by atoms with Gasteiger partial charge in [0.1, 0.15) is 5.75 Å². The van der Waals surface area contributed by atoms with Crippen molar-refractivity contribution in [3.8, 4) is 5.75 Å². The van der Waals surface area contributed by atoms with Gasteiger partial charge in [0.2, 0.25) is 0 Å². The fraction of sp³-hybridized carbons (Fsp3) is 0.143. The van der Waals surface area contributed by atoms with Gasteiger partial charge < -0.3 is 9.82 Å². The van der Waals surface area contributed by atoms with Crippen LogP contribution in [0.3, 0.4) is 0 Å². The summed E-state index contributed by atoms with van der Waals surface area (Å²) in [4.78, 5) is 0. The van der Waals surface area contributed by atoms with Gasteiger partial charge in [0.15, 0.2) is 0 Å². The van der Waals surface area contributed by atoms with E-state index in [2.05, 4.69) is 14.5 Å². The summed E-state index contributed by atoms with van der Waals surface area (Å²) < 4.78 is 5.01. The first kappa shape index (κ1) is 7.36. The van der Waals surface area contributed by atoms with Crippen molar-refractivity contribution in [2.75, 3.05) is 12.2 Å². The predicted octanol–water partition coefficient (Wildman–Crippen LogP) is 1.90. The van der Waals surface area contributed by atoms with Gasteiger partial charge in [-0.1, -0.05) is 6.07 Å². The van der Waals surface area contributed by atoms with E-state index >= 15 is 0 Å². The molecule has 1 aromatic rings. The molecule has 10 heavy (non-hydrogen) atoms. The van der Waals surface area contributed by atoms with E-state index in [0.29, 0.717) is 0 Å². The lowest BCUT2D eigenvalue weighted by Crippen LogP contribution is -1.83. The van der Waals surface area contributed by atoms with Crippen LogP contribution in [0.2, 0.25) is 0 Å². The molecule has 0 spiro atoms. The Labute approximate surface area is 62.8 Å². The maximum absolute atomic E-state index is 5.01. The first-order valence-electron chi connectivity index (χ1n) is 2.97. The number of anilines is 1. The second-order valence-electron chi connectivity index (χ2n) is 1.88. The van der Waals surface area contributed by atoms with E-state index in [1.165, 1.54) is 0 Å². The molecule has 0 radical (unpaired) electrons. The van der Waals surface area contributed by atoms with Gasteiger partial charge in [-0.25, -0.2) is 0 Å². The highest BCUT2D eigenvalue weighted by atomic mass is 31.0. The van der Waals surface area contributed by atoms with Gasteiger partial charge in [0.25, 0.3) is 0 Å². The van der Waals surface area contributed by atoms with Crippen molar-refractivity contribution in [1.29, 1.82) is 0 Å². The lowest BCUT2D eigenvalue weighted by atomic mass is 10.3. The molecule has 0 amide bonds. The molecule has 3 heteroatoms. The molecule has 0 heterocycles. The fourth-order valence-electron chi connectivity index (χ4n) is 0.713. The van der Waals surface area contributed by atoms with E-state index in [1.54, 1.807) is 7.11 Å². The average Bonchev–Trinajstić information content (AvgIpc) is 2.05. The third-order valence-electron chi connectivity index (χ3n) is 1.24. The molecule has 0 aliphatic carbocycles. The smallest absolute Gasteiger partial charge is 0.120 e. The zero-order chi connectivity index (χ0) is 7.40. The lowest BCUT2D eigenvalue weighted by molar-refractivity contribution is 0.415. The van der Waals surface area contributed by atoms with Crippen molar-refractivity contribution in [2.24, 2.45) is 0 Å². The number of nitrogens with one attached hydrogen (secondary N) is 1. The van der Waals surface area contributed by atoms with Crippen molar-refractivity contribution in [1.82, 2.24) is 0 Å². The summed E-state index contributed by atoms with van der Waals surface area (Å²) in [5, 5.41) is 2.94. The van der Waals surface area contributed by atoms with E-state index in [-0.39, 0.29) is 0 Å². The van der Waals surface area contributed by atoms with Gasteiger partial charge in [-0.2, -0.15) is 0 Å². The molecule has 1 atom stereocenters. The molecule has 0 aromatic heterocycles. The van der Waals surface area contributed by atoms with Gasteiger partial charge in [-0.15, -0.1) is 0 Å². The highest BCUT2D eigenvalue weighted by molar-refractivity contribution is 7.18. The first-order valence-corrected chi connectivity index (χ1v) is 3.55. The summed E-state index contributed by atoms with van der Waals surface area (Å²) >= 11 is 0. The zero-order valence-corrected chi connectivity index (χ0v) is 6.95. The summed E-state index contributed by atoms with van der Waals surface area (Å²) in [6, 6.07) is 7.74. The van der Waals surface area contributed by atoms with Crippen LogP contribution in [0.5, 0.6) is 5.75 Å². The van der Waals surface area contributed by atoms with Crippen LogP contribution in [0.25, 0.3) is 0 Å². The minimum absolute atomic E-state index is 0.868. The standard InChI is InChI=1S/C7H10NOP/c1-9-7-4-2-3-6(5-7)8-10/h2-5,8H,10H2,1H3.